The van der Waals surface area contributed by atoms with Gasteiger partial charge in [-0.3, -0.25) is 0 Å². The van der Waals surface area contributed by atoms with Crippen molar-refractivity contribution >= 4 is 23.3 Å². The van der Waals surface area contributed by atoms with E-state index in [4.69, 9.17) is 4.74 Å². The Morgan fingerprint density at radius 3 is 2.70 bits per heavy atom. The topological polar surface area (TPSA) is 26.2 Å². The lowest BCUT2D eigenvalue weighted by Gasteiger charge is -2.25. The predicted octanol–water partition coefficient (Wildman–Crippen LogP) is 5.15. The first-order valence-electron chi connectivity index (χ1n) is 9.75. The molecule has 27 heavy (non-hydrogen) atoms. The molecule has 0 radical (unpaired) electrons. The van der Waals surface area contributed by atoms with Gasteiger partial charge < -0.3 is 14.6 Å². The van der Waals surface area contributed by atoms with Gasteiger partial charge in [-0.05, 0) is 61.1 Å². The number of methoxy groups -OCH3 is 1. The van der Waals surface area contributed by atoms with Gasteiger partial charge in [-0.1, -0.05) is 37.3 Å². The molecule has 1 atom stereocenters. The first-order valence-corrected chi connectivity index (χ1v) is 9.75. The third-order valence-corrected chi connectivity index (χ3v) is 5.62. The number of halogens is 1. The fourth-order valence-electron chi connectivity index (χ4n) is 4.39. The van der Waals surface area contributed by atoms with Crippen molar-refractivity contribution in [3.05, 3.63) is 65.4 Å². The monoisotopic (exact) mass is 384 g/mol. The van der Waals surface area contributed by atoms with Gasteiger partial charge in [0.2, 0.25) is 0 Å². The van der Waals surface area contributed by atoms with Crippen molar-refractivity contribution in [2.75, 3.05) is 20.2 Å². The van der Waals surface area contributed by atoms with Gasteiger partial charge in [-0.15, -0.1) is 12.4 Å². The van der Waals surface area contributed by atoms with Gasteiger partial charge in [0, 0.05) is 29.7 Å². The van der Waals surface area contributed by atoms with Crippen molar-refractivity contribution in [1.82, 2.24) is 9.88 Å². The fraction of sp³-hybridized carbons (Fsp3) is 0.391. The summed E-state index contributed by atoms with van der Waals surface area (Å²) in [4.78, 5) is 0. The van der Waals surface area contributed by atoms with Crippen molar-refractivity contribution in [2.45, 2.75) is 38.6 Å². The highest BCUT2D eigenvalue weighted by Crippen LogP contribution is 2.40. The van der Waals surface area contributed by atoms with E-state index >= 15 is 0 Å². The van der Waals surface area contributed by atoms with Gasteiger partial charge in [-0.25, -0.2) is 0 Å². The second-order valence-electron chi connectivity index (χ2n) is 7.21. The number of ether oxygens (including phenoxy) is 1. The molecular formula is C23H29ClN2O. The number of aromatic nitrogens is 1. The lowest BCUT2D eigenvalue weighted by molar-refractivity contribution is 0.415. The minimum atomic E-state index is 0. The normalized spacial score (nSPS) is 16.0. The summed E-state index contributed by atoms with van der Waals surface area (Å²) in [6.45, 7) is 5.21. The summed E-state index contributed by atoms with van der Waals surface area (Å²) in [6, 6.07) is 17.4. The van der Waals surface area contributed by atoms with E-state index in [2.05, 4.69) is 65.3 Å². The molecule has 0 bridgehead atoms. The van der Waals surface area contributed by atoms with Crippen LogP contribution in [-0.4, -0.2) is 24.8 Å². The maximum Gasteiger partial charge on any atom is 0.119 e. The third kappa shape index (κ3) is 3.85. The standard InChI is InChI=1S/C23H28N2O.ClH/c1-3-24-15-18-10-7-11-22-23(18)20-14-19(26-2)12-13-21(20)25(22)16-17-8-5-4-6-9-17;/h4-6,8-9,12-14,18,24H,3,7,10-11,15-16H2,1-2H3;1H. The smallest absolute Gasteiger partial charge is 0.119 e. The quantitative estimate of drug-likeness (QED) is 0.636. The van der Waals surface area contributed by atoms with E-state index in [9.17, 15) is 0 Å². The summed E-state index contributed by atoms with van der Waals surface area (Å²) in [5.74, 6) is 1.54. The Bertz CT molecular complexity index is 888. The molecule has 0 fully saturated rings. The first-order chi connectivity index (χ1) is 12.8. The molecule has 144 valence electrons. The molecule has 1 aliphatic rings. The number of benzene rings is 2. The summed E-state index contributed by atoms with van der Waals surface area (Å²) in [5.41, 5.74) is 5.76. The van der Waals surface area contributed by atoms with Crippen LogP contribution in [-0.2, 0) is 13.0 Å². The van der Waals surface area contributed by atoms with Crippen LogP contribution in [0, 0.1) is 0 Å². The number of hydrogen-bond acceptors (Lipinski definition) is 2. The fourth-order valence-corrected chi connectivity index (χ4v) is 4.39. The Morgan fingerprint density at radius 1 is 1.15 bits per heavy atom. The van der Waals surface area contributed by atoms with Crippen LogP contribution < -0.4 is 10.1 Å². The molecule has 4 rings (SSSR count). The summed E-state index contributed by atoms with van der Waals surface area (Å²) in [7, 11) is 1.75. The molecule has 1 N–H and O–H groups in total. The van der Waals surface area contributed by atoms with Gasteiger partial charge >= 0.3 is 0 Å². The molecule has 3 aromatic rings. The number of rotatable bonds is 6. The van der Waals surface area contributed by atoms with Gasteiger partial charge in [0.1, 0.15) is 5.75 Å². The summed E-state index contributed by atoms with van der Waals surface area (Å²) in [6.07, 6.45) is 3.70. The Morgan fingerprint density at radius 2 is 1.96 bits per heavy atom. The molecule has 1 aromatic heterocycles. The van der Waals surface area contributed by atoms with Crippen LogP contribution in [0.4, 0.5) is 0 Å². The summed E-state index contributed by atoms with van der Waals surface area (Å²) >= 11 is 0. The molecule has 1 aliphatic carbocycles. The van der Waals surface area contributed by atoms with Crippen LogP contribution in [0.3, 0.4) is 0 Å². The molecule has 2 aromatic carbocycles. The second-order valence-corrected chi connectivity index (χ2v) is 7.21. The van der Waals surface area contributed by atoms with Crippen LogP contribution in [0.25, 0.3) is 10.9 Å². The molecule has 0 saturated carbocycles. The molecule has 1 heterocycles. The molecule has 0 saturated heterocycles. The van der Waals surface area contributed by atoms with E-state index in [-0.39, 0.29) is 12.4 Å². The van der Waals surface area contributed by atoms with Crippen molar-refractivity contribution in [1.29, 1.82) is 0 Å². The minimum absolute atomic E-state index is 0. The van der Waals surface area contributed by atoms with Gasteiger partial charge in [0.15, 0.2) is 0 Å². The Balaban J connectivity index is 0.00000210. The van der Waals surface area contributed by atoms with E-state index in [1.165, 1.54) is 41.4 Å². The van der Waals surface area contributed by atoms with Gasteiger partial charge in [0.25, 0.3) is 0 Å². The number of fused-ring (bicyclic) bond motifs is 3. The van der Waals surface area contributed by atoms with E-state index in [1.807, 2.05) is 0 Å². The lowest BCUT2D eigenvalue weighted by Crippen LogP contribution is -2.24. The van der Waals surface area contributed by atoms with Crippen molar-refractivity contribution in [2.24, 2.45) is 0 Å². The van der Waals surface area contributed by atoms with Crippen molar-refractivity contribution in [3.63, 3.8) is 0 Å². The zero-order valence-corrected chi connectivity index (χ0v) is 17.0. The van der Waals surface area contributed by atoms with Gasteiger partial charge in [0.05, 0.1) is 7.11 Å². The predicted molar refractivity (Wildman–Crippen MR) is 116 cm³/mol. The molecular weight excluding hydrogens is 356 g/mol. The Hall–Kier alpha value is -1.97. The zero-order chi connectivity index (χ0) is 17.9. The molecule has 0 aliphatic heterocycles. The maximum absolute atomic E-state index is 5.53. The molecule has 0 spiro atoms. The highest BCUT2D eigenvalue weighted by molar-refractivity contribution is 5.88. The molecule has 1 unspecified atom stereocenters. The second kappa shape index (κ2) is 8.81. The van der Waals surface area contributed by atoms with Crippen molar-refractivity contribution in [3.8, 4) is 5.75 Å². The average molecular weight is 385 g/mol. The highest BCUT2D eigenvalue weighted by Gasteiger charge is 2.27. The van der Waals surface area contributed by atoms with Crippen LogP contribution >= 0.6 is 12.4 Å². The Labute approximate surface area is 168 Å². The van der Waals surface area contributed by atoms with E-state index in [0.29, 0.717) is 5.92 Å². The SMILES string of the molecule is CCNCC1CCCc2c1c1cc(OC)ccc1n2Cc1ccccc1.Cl. The number of nitrogens with zero attached hydrogens (tertiary/aromatic N) is 1. The largest absolute Gasteiger partial charge is 0.497 e. The highest BCUT2D eigenvalue weighted by atomic mass is 35.5. The van der Waals surface area contributed by atoms with Crippen LogP contribution in [0.5, 0.6) is 5.75 Å². The number of likely N-dealkylation sites (N-methyl/N-ethyl adjacent to an activating group) is 1. The first kappa shape index (κ1) is 19.8. The van der Waals surface area contributed by atoms with Gasteiger partial charge in [-0.2, -0.15) is 0 Å². The third-order valence-electron chi connectivity index (χ3n) is 5.62. The number of nitrogens with one attached hydrogen (secondary N) is 1. The molecule has 4 heteroatoms. The van der Waals surface area contributed by atoms with E-state index in [1.54, 1.807) is 12.7 Å². The van der Waals surface area contributed by atoms with E-state index < -0.39 is 0 Å². The summed E-state index contributed by atoms with van der Waals surface area (Å²) < 4.78 is 8.07. The minimum Gasteiger partial charge on any atom is -0.497 e. The Kier molecular flexibility index (Phi) is 6.46. The molecule has 3 nitrogen and oxygen atoms in total. The summed E-state index contributed by atoms with van der Waals surface area (Å²) in [5, 5.41) is 4.94. The zero-order valence-electron chi connectivity index (χ0n) is 16.2. The van der Waals surface area contributed by atoms with Crippen LogP contribution in [0.2, 0.25) is 0 Å². The average Bonchev–Trinajstić information content (AvgIpc) is 3.01. The van der Waals surface area contributed by atoms with Crippen molar-refractivity contribution < 1.29 is 4.74 Å². The molecule has 0 amide bonds. The maximum atomic E-state index is 5.53. The number of hydrogen-bond donors (Lipinski definition) is 1. The lowest BCUT2D eigenvalue weighted by atomic mass is 9.85. The van der Waals surface area contributed by atoms with Crippen LogP contribution in [0.1, 0.15) is 42.5 Å². The van der Waals surface area contributed by atoms with E-state index in [0.717, 1.165) is 25.4 Å². The van der Waals surface area contributed by atoms with Crippen LogP contribution in [0.15, 0.2) is 48.5 Å².